The highest BCUT2D eigenvalue weighted by Crippen LogP contribution is 2.34. The molecule has 2 aliphatic rings. The summed E-state index contributed by atoms with van der Waals surface area (Å²) in [7, 11) is 0. The molecule has 2 amide bonds. The molecule has 1 N–H and O–H groups in total. The normalized spacial score (nSPS) is 17.2. The smallest absolute Gasteiger partial charge is 0.417 e. The fraction of sp³-hybridized carbons (Fsp3) is 0.370. The Balaban J connectivity index is 1.64. The van der Waals surface area contributed by atoms with Gasteiger partial charge in [0.15, 0.2) is 5.82 Å². The number of carbonyl (C=O) groups excluding carboxylic acids is 2. The number of anilines is 1. The van der Waals surface area contributed by atoms with E-state index in [-0.39, 0.29) is 53.0 Å². The fourth-order valence-electron chi connectivity index (χ4n) is 4.65. The predicted molar refractivity (Wildman–Crippen MR) is 137 cm³/mol. The summed E-state index contributed by atoms with van der Waals surface area (Å²) in [5, 5.41) is 24.1. The van der Waals surface area contributed by atoms with E-state index in [1.54, 1.807) is 33.0 Å². The number of morpholine rings is 1. The van der Waals surface area contributed by atoms with Gasteiger partial charge in [0.05, 0.1) is 72.2 Å². The van der Waals surface area contributed by atoms with Crippen LogP contribution in [-0.4, -0.2) is 74.8 Å². The number of pyridine rings is 1. The number of aliphatic hydroxyl groups is 1. The van der Waals surface area contributed by atoms with E-state index in [4.69, 9.17) is 9.47 Å². The van der Waals surface area contributed by atoms with Crippen molar-refractivity contribution in [1.29, 1.82) is 5.26 Å². The van der Waals surface area contributed by atoms with Crippen LogP contribution in [0.5, 0.6) is 0 Å². The minimum Gasteiger partial charge on any atom is -0.443 e. The van der Waals surface area contributed by atoms with Crippen molar-refractivity contribution in [3.05, 3.63) is 59.2 Å². The van der Waals surface area contributed by atoms with Gasteiger partial charge in [-0.3, -0.25) is 4.79 Å². The van der Waals surface area contributed by atoms with Crippen LogP contribution < -0.4 is 4.90 Å². The molecule has 1 fully saturated rings. The lowest BCUT2D eigenvalue weighted by Gasteiger charge is -2.34. The van der Waals surface area contributed by atoms with Crippen molar-refractivity contribution in [2.45, 2.75) is 39.0 Å². The first kappa shape index (κ1) is 26.3. The second-order valence-corrected chi connectivity index (χ2v) is 10.2. The number of rotatable bonds is 4. The van der Waals surface area contributed by atoms with E-state index in [0.717, 1.165) is 4.90 Å². The Hall–Kier alpha value is -4.34. The Bertz CT molecular complexity index is 1490. The first-order valence-electron chi connectivity index (χ1n) is 12.4. The molecule has 202 valence electrons. The largest absolute Gasteiger partial charge is 0.443 e. The molecule has 1 aromatic carbocycles. The van der Waals surface area contributed by atoms with Crippen molar-refractivity contribution in [1.82, 2.24) is 19.7 Å². The Morgan fingerprint density at radius 1 is 1.31 bits per heavy atom. The highest BCUT2D eigenvalue weighted by molar-refractivity contribution is 6.08. The van der Waals surface area contributed by atoms with E-state index in [1.165, 1.54) is 28.9 Å². The van der Waals surface area contributed by atoms with Gasteiger partial charge in [0.25, 0.3) is 5.91 Å². The summed E-state index contributed by atoms with van der Waals surface area (Å²) in [6.45, 7) is 6.07. The summed E-state index contributed by atoms with van der Waals surface area (Å²) in [6.07, 6.45) is 0.802. The lowest BCUT2D eigenvalue weighted by Crippen LogP contribution is -2.47. The van der Waals surface area contributed by atoms with Crippen LogP contribution in [0.1, 0.15) is 42.4 Å². The Morgan fingerprint density at radius 2 is 2.10 bits per heavy atom. The van der Waals surface area contributed by atoms with Gasteiger partial charge in [-0.1, -0.05) is 6.07 Å². The average molecular weight is 535 g/mol. The molecular weight excluding hydrogens is 507 g/mol. The van der Waals surface area contributed by atoms with Crippen molar-refractivity contribution >= 4 is 17.8 Å². The zero-order chi connectivity index (χ0) is 27.9. The van der Waals surface area contributed by atoms with Crippen LogP contribution in [0.25, 0.3) is 16.9 Å². The summed E-state index contributed by atoms with van der Waals surface area (Å²) < 4.78 is 27.3. The zero-order valence-corrected chi connectivity index (χ0v) is 21.7. The number of nitriles is 1. The quantitative estimate of drug-likeness (QED) is 0.536. The molecule has 11 nitrogen and oxygen atoms in total. The van der Waals surface area contributed by atoms with Crippen LogP contribution >= 0.6 is 0 Å². The standard InChI is InChI=1S/C27H27FN6O5/c1-27(2,3)39-26(37)33-13-20-24(25(33)36)21(11-19(30-20)23-16(12-29)5-4-6-18(23)28)34-8-7-22(31-34)32-9-10-38-15-17(32)14-35/h4-8,11,17,35H,9-10,13-15H2,1-3H3/t17-/m1/s1. The van der Waals surface area contributed by atoms with E-state index in [1.807, 2.05) is 11.0 Å². The second-order valence-electron chi connectivity index (χ2n) is 10.2. The third kappa shape index (κ3) is 4.94. The minimum atomic E-state index is -0.833. The number of benzene rings is 1. The highest BCUT2D eigenvalue weighted by Gasteiger charge is 2.39. The van der Waals surface area contributed by atoms with Gasteiger partial charge in [-0.2, -0.15) is 10.4 Å². The van der Waals surface area contributed by atoms with Gasteiger partial charge in [-0.15, -0.1) is 0 Å². The number of ether oxygens (including phenoxy) is 2. The third-order valence-corrected chi connectivity index (χ3v) is 6.40. The van der Waals surface area contributed by atoms with Gasteiger partial charge in [0.2, 0.25) is 0 Å². The Morgan fingerprint density at radius 3 is 2.82 bits per heavy atom. The van der Waals surface area contributed by atoms with Crippen LogP contribution in [-0.2, 0) is 16.0 Å². The van der Waals surface area contributed by atoms with Gasteiger partial charge in [0.1, 0.15) is 11.4 Å². The fourth-order valence-corrected chi connectivity index (χ4v) is 4.65. The van der Waals surface area contributed by atoms with E-state index >= 15 is 0 Å². The van der Waals surface area contributed by atoms with Crippen molar-refractivity contribution in [3.8, 4) is 23.0 Å². The van der Waals surface area contributed by atoms with E-state index in [0.29, 0.717) is 25.6 Å². The van der Waals surface area contributed by atoms with Crippen LogP contribution in [0.2, 0.25) is 0 Å². The van der Waals surface area contributed by atoms with Gasteiger partial charge in [-0.25, -0.2) is 23.8 Å². The van der Waals surface area contributed by atoms with Gasteiger partial charge >= 0.3 is 6.09 Å². The summed E-state index contributed by atoms with van der Waals surface area (Å²) in [4.78, 5) is 33.7. The van der Waals surface area contributed by atoms with Crippen LogP contribution in [0.15, 0.2) is 36.5 Å². The molecule has 0 saturated carbocycles. The van der Waals surface area contributed by atoms with Crippen LogP contribution in [0.4, 0.5) is 15.0 Å². The molecular formula is C27H27FN6O5. The minimum absolute atomic E-state index is 0.0203. The number of fused-ring (bicyclic) bond motifs is 1. The van der Waals surface area contributed by atoms with Crippen LogP contribution in [0, 0.1) is 17.1 Å². The van der Waals surface area contributed by atoms with E-state index < -0.39 is 23.4 Å². The van der Waals surface area contributed by atoms with Gasteiger partial charge < -0.3 is 19.5 Å². The topological polar surface area (TPSA) is 134 Å². The molecule has 12 heteroatoms. The van der Waals surface area contributed by atoms with Gasteiger partial charge in [-0.05, 0) is 39.0 Å². The lowest BCUT2D eigenvalue weighted by atomic mass is 10.0. The monoisotopic (exact) mass is 534 g/mol. The van der Waals surface area contributed by atoms with E-state index in [9.17, 15) is 24.3 Å². The van der Waals surface area contributed by atoms with Crippen molar-refractivity contribution in [2.24, 2.45) is 0 Å². The van der Waals surface area contributed by atoms with Crippen molar-refractivity contribution < 1.29 is 28.6 Å². The number of hydrogen-bond acceptors (Lipinski definition) is 9. The molecule has 2 aliphatic heterocycles. The molecule has 39 heavy (non-hydrogen) atoms. The number of aliphatic hydroxyl groups excluding tert-OH is 1. The SMILES string of the molecule is CC(C)(C)OC(=O)N1Cc2nc(-c3c(F)cccc3C#N)cc(-n3ccc(N4CCOC[C@H]4CO)n3)c2C1=O. The number of imide groups is 1. The van der Waals surface area contributed by atoms with Crippen molar-refractivity contribution in [2.75, 3.05) is 31.3 Å². The molecule has 3 aromatic rings. The lowest BCUT2D eigenvalue weighted by molar-refractivity contribution is 0.0247. The molecule has 1 atom stereocenters. The highest BCUT2D eigenvalue weighted by atomic mass is 19.1. The number of carbonyl (C=O) groups is 2. The average Bonchev–Trinajstić information content (AvgIpc) is 3.52. The Kier molecular flexibility index (Phi) is 6.80. The van der Waals surface area contributed by atoms with Gasteiger partial charge in [0, 0.05) is 18.8 Å². The summed E-state index contributed by atoms with van der Waals surface area (Å²) in [6, 6.07) is 9.04. The Labute approximate surface area is 224 Å². The first-order valence-corrected chi connectivity index (χ1v) is 12.4. The molecule has 0 radical (unpaired) electrons. The summed E-state index contributed by atoms with van der Waals surface area (Å²) >= 11 is 0. The second kappa shape index (κ2) is 10.1. The number of nitrogens with zero attached hydrogens (tertiary/aromatic N) is 6. The molecule has 1 saturated heterocycles. The van der Waals surface area contributed by atoms with Crippen LogP contribution in [0.3, 0.4) is 0 Å². The number of aromatic nitrogens is 3. The number of amides is 2. The maximum absolute atomic E-state index is 15.0. The third-order valence-electron chi connectivity index (χ3n) is 6.40. The first-order chi connectivity index (χ1) is 18.6. The zero-order valence-electron chi connectivity index (χ0n) is 21.7. The number of hydrogen-bond donors (Lipinski definition) is 1. The summed E-state index contributed by atoms with van der Waals surface area (Å²) in [5.41, 5.74) is -0.0556. The molecule has 0 aliphatic carbocycles. The maximum atomic E-state index is 15.0. The molecule has 2 aromatic heterocycles. The van der Waals surface area contributed by atoms with Crippen molar-refractivity contribution in [3.63, 3.8) is 0 Å². The number of halogens is 1. The maximum Gasteiger partial charge on any atom is 0.417 e. The summed E-state index contributed by atoms with van der Waals surface area (Å²) in [5.74, 6) is -0.734. The molecule has 5 rings (SSSR count). The molecule has 4 heterocycles. The molecule has 0 spiro atoms. The predicted octanol–water partition coefficient (Wildman–Crippen LogP) is 3.03. The molecule has 0 bridgehead atoms. The molecule has 0 unspecified atom stereocenters. The van der Waals surface area contributed by atoms with E-state index in [2.05, 4.69) is 10.1 Å².